The molecule has 2 rings (SSSR count). The molecule has 2 aliphatic rings. The summed E-state index contributed by atoms with van der Waals surface area (Å²) in [5.74, 6) is 0.581. The van der Waals surface area contributed by atoms with E-state index in [2.05, 4.69) is 42.5 Å². The first-order valence-electron chi connectivity index (χ1n) is 4.68. The van der Waals surface area contributed by atoms with Gasteiger partial charge in [-0.25, -0.2) is 0 Å². The molecule has 13 heavy (non-hydrogen) atoms. The van der Waals surface area contributed by atoms with Crippen LogP contribution in [-0.4, -0.2) is 16.1 Å². The van der Waals surface area contributed by atoms with Crippen molar-refractivity contribution in [3.8, 4) is 6.07 Å². The molecular formula is C10H14INO. The first-order valence-corrected chi connectivity index (χ1v) is 5.93. The van der Waals surface area contributed by atoms with E-state index in [9.17, 15) is 0 Å². The van der Waals surface area contributed by atoms with E-state index in [1.807, 2.05) is 0 Å². The summed E-state index contributed by atoms with van der Waals surface area (Å²) in [4.78, 5) is 0. The number of nitriles is 1. The van der Waals surface area contributed by atoms with Crippen molar-refractivity contribution in [2.75, 3.05) is 6.61 Å². The van der Waals surface area contributed by atoms with E-state index in [4.69, 9.17) is 10.00 Å². The lowest BCUT2D eigenvalue weighted by molar-refractivity contribution is 0.00270. The number of nitrogens with zero attached hydrogens (tertiary/aromatic N) is 1. The number of alkyl halides is 1. The van der Waals surface area contributed by atoms with Crippen molar-refractivity contribution in [2.45, 2.75) is 36.2 Å². The molecule has 0 N–H and O–H groups in total. The molecule has 0 aromatic heterocycles. The molecule has 1 saturated carbocycles. The van der Waals surface area contributed by atoms with Crippen molar-refractivity contribution in [3.05, 3.63) is 0 Å². The molecule has 0 bridgehead atoms. The van der Waals surface area contributed by atoms with Crippen LogP contribution in [0.5, 0.6) is 0 Å². The number of ether oxygens (including phenoxy) is 1. The van der Waals surface area contributed by atoms with Crippen LogP contribution >= 0.6 is 22.6 Å². The predicted molar refractivity (Wildman–Crippen MR) is 58.6 cm³/mol. The Labute approximate surface area is 92.8 Å². The van der Waals surface area contributed by atoms with Crippen LogP contribution in [0.1, 0.15) is 26.7 Å². The number of fused-ring (bicyclic) bond motifs is 1. The monoisotopic (exact) mass is 291 g/mol. The number of hydrogen-bond acceptors (Lipinski definition) is 2. The maximum Gasteiger partial charge on any atom is 0.0709 e. The van der Waals surface area contributed by atoms with Gasteiger partial charge in [-0.15, -0.1) is 0 Å². The minimum atomic E-state index is -0.150. The number of rotatable bonds is 0. The van der Waals surface area contributed by atoms with Crippen LogP contribution in [0, 0.1) is 22.7 Å². The molecule has 1 heterocycles. The van der Waals surface area contributed by atoms with E-state index in [-0.39, 0.29) is 11.0 Å². The van der Waals surface area contributed by atoms with E-state index >= 15 is 0 Å². The zero-order chi connectivity index (χ0) is 9.69. The van der Waals surface area contributed by atoms with Crippen LogP contribution in [0.15, 0.2) is 0 Å². The van der Waals surface area contributed by atoms with Crippen LogP contribution in [0.25, 0.3) is 0 Å². The summed E-state index contributed by atoms with van der Waals surface area (Å²) in [5.41, 5.74) is -0.167. The topological polar surface area (TPSA) is 33.0 Å². The van der Waals surface area contributed by atoms with Crippen molar-refractivity contribution in [1.82, 2.24) is 0 Å². The molecule has 3 unspecified atom stereocenters. The Bertz CT molecular complexity index is 275. The van der Waals surface area contributed by atoms with Gasteiger partial charge in [0.15, 0.2) is 0 Å². The maximum absolute atomic E-state index is 9.07. The van der Waals surface area contributed by atoms with Gasteiger partial charge in [-0.3, -0.25) is 0 Å². The molecule has 1 aliphatic carbocycles. The third kappa shape index (κ3) is 1.39. The molecule has 2 nitrogen and oxygen atoms in total. The summed E-state index contributed by atoms with van der Waals surface area (Å²) < 4.78 is 6.41. The van der Waals surface area contributed by atoms with E-state index in [1.54, 1.807) is 0 Å². The molecule has 1 aliphatic heterocycles. The van der Waals surface area contributed by atoms with Crippen LogP contribution in [0.2, 0.25) is 0 Å². The fourth-order valence-electron chi connectivity index (χ4n) is 2.82. The van der Waals surface area contributed by atoms with Crippen molar-refractivity contribution in [2.24, 2.45) is 11.3 Å². The molecule has 1 saturated heterocycles. The minimum absolute atomic E-state index is 0.0175. The molecule has 72 valence electrons. The third-order valence-electron chi connectivity index (χ3n) is 3.47. The van der Waals surface area contributed by atoms with E-state index in [0.717, 1.165) is 19.4 Å². The highest BCUT2D eigenvalue weighted by Crippen LogP contribution is 2.55. The van der Waals surface area contributed by atoms with Gasteiger partial charge in [-0.05, 0) is 26.7 Å². The second kappa shape index (κ2) is 2.83. The molecule has 0 aromatic carbocycles. The standard InChI is InChI=1S/C10H14INO/c1-9(6-12)3-7-8(11)4-13-10(7,2)5-9/h7-8H,3-5H2,1-2H3/t7?,8-,9?,10?/m1/s1. The Balaban J connectivity index is 2.25. The zero-order valence-electron chi connectivity index (χ0n) is 8.01. The summed E-state index contributed by atoms with van der Waals surface area (Å²) in [6.07, 6.45) is 1.91. The summed E-state index contributed by atoms with van der Waals surface area (Å²) in [7, 11) is 0. The Kier molecular flexibility index (Phi) is 2.12. The number of hydrogen-bond donors (Lipinski definition) is 0. The van der Waals surface area contributed by atoms with Crippen molar-refractivity contribution >= 4 is 22.6 Å². The Morgan fingerprint density at radius 3 is 2.77 bits per heavy atom. The number of halogens is 1. The lowest BCUT2D eigenvalue weighted by Gasteiger charge is -2.23. The Hall–Kier alpha value is 0.180. The average Bonchev–Trinajstić information content (AvgIpc) is 2.48. The summed E-state index contributed by atoms with van der Waals surface area (Å²) in [5, 5.41) is 9.07. The highest BCUT2D eigenvalue weighted by atomic mass is 127. The third-order valence-corrected chi connectivity index (χ3v) is 4.70. The Morgan fingerprint density at radius 2 is 2.23 bits per heavy atom. The van der Waals surface area contributed by atoms with Crippen LogP contribution in [0.4, 0.5) is 0 Å². The van der Waals surface area contributed by atoms with Crippen LogP contribution < -0.4 is 0 Å². The first kappa shape index (κ1) is 9.72. The van der Waals surface area contributed by atoms with Crippen LogP contribution in [0.3, 0.4) is 0 Å². The second-order valence-electron chi connectivity index (χ2n) is 4.80. The normalized spacial score (nSPS) is 54.6. The lowest BCUT2D eigenvalue weighted by atomic mass is 9.89. The maximum atomic E-state index is 9.07. The quantitative estimate of drug-likeness (QED) is 0.507. The van der Waals surface area contributed by atoms with Gasteiger partial charge in [0.1, 0.15) is 0 Å². The summed E-state index contributed by atoms with van der Waals surface area (Å²) in [6.45, 7) is 5.09. The molecule has 2 fully saturated rings. The highest BCUT2D eigenvalue weighted by molar-refractivity contribution is 14.1. The van der Waals surface area contributed by atoms with Gasteiger partial charge in [0.25, 0.3) is 0 Å². The van der Waals surface area contributed by atoms with Gasteiger partial charge in [0.2, 0.25) is 0 Å². The van der Waals surface area contributed by atoms with Gasteiger partial charge in [-0.2, -0.15) is 5.26 Å². The SMILES string of the molecule is CC1(C#N)CC2[C@H](I)COC2(C)C1. The minimum Gasteiger partial charge on any atom is -0.374 e. The lowest BCUT2D eigenvalue weighted by Crippen LogP contribution is -2.28. The largest absolute Gasteiger partial charge is 0.374 e. The average molecular weight is 291 g/mol. The zero-order valence-corrected chi connectivity index (χ0v) is 10.2. The molecule has 4 atom stereocenters. The molecule has 0 spiro atoms. The van der Waals surface area contributed by atoms with Crippen molar-refractivity contribution in [1.29, 1.82) is 5.26 Å². The predicted octanol–water partition coefficient (Wildman–Crippen LogP) is 2.52. The Morgan fingerprint density at radius 1 is 1.54 bits per heavy atom. The van der Waals surface area contributed by atoms with Gasteiger partial charge in [0.05, 0.1) is 23.7 Å². The second-order valence-corrected chi connectivity index (χ2v) is 6.40. The van der Waals surface area contributed by atoms with Gasteiger partial charge >= 0.3 is 0 Å². The smallest absolute Gasteiger partial charge is 0.0709 e. The summed E-state index contributed by atoms with van der Waals surface area (Å²) in [6, 6.07) is 2.43. The van der Waals surface area contributed by atoms with Gasteiger partial charge in [-0.1, -0.05) is 22.6 Å². The van der Waals surface area contributed by atoms with Gasteiger partial charge < -0.3 is 4.74 Å². The molecule has 0 amide bonds. The fraction of sp³-hybridized carbons (Fsp3) is 0.900. The first-order chi connectivity index (χ1) is 5.99. The van der Waals surface area contributed by atoms with Crippen molar-refractivity contribution in [3.63, 3.8) is 0 Å². The molecule has 0 aromatic rings. The van der Waals surface area contributed by atoms with E-state index in [1.165, 1.54) is 0 Å². The van der Waals surface area contributed by atoms with Crippen molar-refractivity contribution < 1.29 is 4.74 Å². The summed E-state index contributed by atoms with van der Waals surface area (Å²) >= 11 is 2.46. The molecule has 3 heteroatoms. The molecule has 0 radical (unpaired) electrons. The highest BCUT2D eigenvalue weighted by Gasteiger charge is 2.56. The van der Waals surface area contributed by atoms with E-state index < -0.39 is 0 Å². The fourth-order valence-corrected chi connectivity index (χ4v) is 4.01. The van der Waals surface area contributed by atoms with Gasteiger partial charge in [0, 0.05) is 9.84 Å². The molecular weight excluding hydrogens is 277 g/mol. The van der Waals surface area contributed by atoms with E-state index in [0.29, 0.717) is 9.84 Å². The van der Waals surface area contributed by atoms with Crippen LogP contribution in [-0.2, 0) is 4.74 Å².